The summed E-state index contributed by atoms with van der Waals surface area (Å²) in [4.78, 5) is 23.6. The van der Waals surface area contributed by atoms with E-state index in [0.29, 0.717) is 23.4 Å². The summed E-state index contributed by atoms with van der Waals surface area (Å²) in [5.41, 5.74) is -0.681. The third kappa shape index (κ3) is 7.63. The van der Waals surface area contributed by atoms with Gasteiger partial charge in [-0.2, -0.15) is 13.2 Å². The van der Waals surface area contributed by atoms with E-state index in [2.05, 4.69) is 5.32 Å². The summed E-state index contributed by atoms with van der Waals surface area (Å²) in [5.74, 6) is -2.25. The molecule has 2 aromatic rings. The first kappa shape index (κ1) is 25.9. The molecule has 0 aliphatic heterocycles. The van der Waals surface area contributed by atoms with Crippen LogP contribution in [0.25, 0.3) is 0 Å². The maximum absolute atomic E-state index is 13.6. The number of ether oxygens (including phenoxy) is 3. The Hall–Kier alpha value is -3.34. The Bertz CT molecular complexity index is 993. The van der Waals surface area contributed by atoms with Crippen molar-refractivity contribution >= 4 is 17.7 Å². The molecule has 0 saturated heterocycles. The molecule has 0 fully saturated rings. The number of hydrogen-bond acceptors (Lipinski definition) is 5. The quantitative estimate of drug-likeness (QED) is 0.497. The Labute approximate surface area is 187 Å². The van der Waals surface area contributed by atoms with Gasteiger partial charge in [-0.1, -0.05) is 6.07 Å². The van der Waals surface area contributed by atoms with Crippen molar-refractivity contribution in [1.82, 2.24) is 0 Å². The van der Waals surface area contributed by atoms with E-state index >= 15 is 0 Å². The number of carboxylic acids is 1. The van der Waals surface area contributed by atoms with E-state index < -0.39 is 42.3 Å². The Morgan fingerprint density at radius 3 is 2.36 bits per heavy atom. The highest BCUT2D eigenvalue weighted by Crippen LogP contribution is 2.31. The molecule has 0 saturated carbocycles. The average Bonchev–Trinajstić information content (AvgIpc) is 2.70. The number of alkyl halides is 3. The lowest BCUT2D eigenvalue weighted by molar-refractivity contribution is -0.153. The first-order chi connectivity index (χ1) is 15.4. The number of hydrogen-bond donors (Lipinski definition) is 2. The van der Waals surface area contributed by atoms with Crippen molar-refractivity contribution in [3.05, 3.63) is 58.9 Å². The summed E-state index contributed by atoms with van der Waals surface area (Å²) in [5, 5.41) is 11.8. The predicted molar refractivity (Wildman–Crippen MR) is 110 cm³/mol. The molecule has 2 N–H and O–H groups in total. The average molecular weight is 473 g/mol. The summed E-state index contributed by atoms with van der Waals surface area (Å²) in [7, 11) is 1.41. The van der Waals surface area contributed by atoms with Gasteiger partial charge in [0.1, 0.15) is 18.2 Å². The normalized spacial score (nSPS) is 12.4. The van der Waals surface area contributed by atoms with Crippen molar-refractivity contribution in [3.63, 3.8) is 0 Å². The molecule has 0 heterocycles. The number of carboxylic acid groups (broad SMARTS) is 1. The summed E-state index contributed by atoms with van der Waals surface area (Å²) >= 11 is 0. The van der Waals surface area contributed by atoms with Crippen LogP contribution in [0.2, 0.25) is 0 Å². The molecule has 7 nitrogen and oxygen atoms in total. The smallest absolute Gasteiger partial charge is 0.419 e. The fraction of sp³-hybridized carbons (Fsp3) is 0.364. The highest BCUT2D eigenvalue weighted by Gasteiger charge is 2.33. The molecule has 0 radical (unpaired) electrons. The number of anilines is 1. The maximum atomic E-state index is 13.6. The molecule has 1 atom stereocenters. The van der Waals surface area contributed by atoms with Gasteiger partial charge in [-0.3, -0.25) is 5.32 Å². The highest BCUT2D eigenvalue weighted by molar-refractivity contribution is 5.85. The third-order valence-electron chi connectivity index (χ3n) is 4.35. The van der Waals surface area contributed by atoms with Crippen molar-refractivity contribution < 1.29 is 46.5 Å². The van der Waals surface area contributed by atoms with E-state index in [0.717, 1.165) is 6.07 Å². The molecule has 33 heavy (non-hydrogen) atoms. The lowest BCUT2D eigenvalue weighted by atomic mass is 10.1. The predicted octanol–water partition coefficient (Wildman–Crippen LogP) is 5.02. The van der Waals surface area contributed by atoms with Gasteiger partial charge in [-0.05, 0) is 55.3 Å². The number of halogens is 4. The number of benzene rings is 2. The van der Waals surface area contributed by atoms with Crippen LogP contribution in [0.3, 0.4) is 0 Å². The Morgan fingerprint density at radius 2 is 1.82 bits per heavy atom. The maximum Gasteiger partial charge on any atom is 0.419 e. The number of aliphatic carboxylic acids is 1. The number of amides is 1. The van der Waals surface area contributed by atoms with Crippen molar-refractivity contribution in [2.75, 3.05) is 12.4 Å². The van der Waals surface area contributed by atoms with Crippen LogP contribution in [0.1, 0.15) is 30.5 Å². The van der Waals surface area contributed by atoms with Gasteiger partial charge >= 0.3 is 18.2 Å². The zero-order chi connectivity index (χ0) is 24.8. The van der Waals surface area contributed by atoms with E-state index in [1.165, 1.54) is 25.3 Å². The van der Waals surface area contributed by atoms with Gasteiger partial charge in [-0.25, -0.2) is 14.0 Å². The van der Waals surface area contributed by atoms with Gasteiger partial charge in [0.25, 0.3) is 0 Å². The van der Waals surface area contributed by atoms with E-state index in [9.17, 15) is 32.3 Å². The van der Waals surface area contributed by atoms with Crippen LogP contribution < -0.4 is 10.1 Å². The monoisotopic (exact) mass is 473 g/mol. The van der Waals surface area contributed by atoms with E-state index in [1.54, 1.807) is 13.8 Å². The molecule has 180 valence electrons. The van der Waals surface area contributed by atoms with Crippen LogP contribution >= 0.6 is 0 Å². The minimum absolute atomic E-state index is 0.0289. The molecule has 0 aromatic heterocycles. The summed E-state index contributed by atoms with van der Waals surface area (Å²) in [6.07, 6.45) is -7.28. The van der Waals surface area contributed by atoms with E-state index in [1.807, 2.05) is 0 Å². The molecule has 0 spiro atoms. The van der Waals surface area contributed by atoms with Crippen LogP contribution in [0, 0.1) is 5.82 Å². The molecule has 2 rings (SSSR count). The Morgan fingerprint density at radius 1 is 1.12 bits per heavy atom. The molecule has 2 aromatic carbocycles. The number of rotatable bonds is 9. The second-order valence-electron chi connectivity index (χ2n) is 7.26. The fourth-order valence-corrected chi connectivity index (χ4v) is 2.92. The minimum Gasteiger partial charge on any atom is -0.496 e. The molecule has 1 amide bonds. The van der Waals surface area contributed by atoms with Gasteiger partial charge in [0.15, 0.2) is 6.10 Å². The Kier molecular flexibility index (Phi) is 8.63. The van der Waals surface area contributed by atoms with Crippen molar-refractivity contribution in [2.24, 2.45) is 0 Å². The van der Waals surface area contributed by atoms with Gasteiger partial charge in [0.2, 0.25) is 0 Å². The van der Waals surface area contributed by atoms with Crippen molar-refractivity contribution in [1.29, 1.82) is 0 Å². The van der Waals surface area contributed by atoms with Gasteiger partial charge in [0.05, 0.1) is 18.8 Å². The van der Waals surface area contributed by atoms with Crippen LogP contribution in [0.5, 0.6) is 5.75 Å². The lowest BCUT2D eigenvalue weighted by Crippen LogP contribution is -2.29. The number of methoxy groups -OCH3 is 1. The SMILES string of the molecule is COc1ccc(NC(=O)OCc2ccc(C(F)(F)F)c(F)c2)cc1CC(OC(C)C)C(=O)O. The zero-order valence-corrected chi connectivity index (χ0v) is 18.0. The molecule has 0 aliphatic carbocycles. The summed E-state index contributed by atoms with van der Waals surface area (Å²) in [6, 6.07) is 6.70. The summed E-state index contributed by atoms with van der Waals surface area (Å²) in [6.45, 7) is 2.93. The molecule has 11 heteroatoms. The molecule has 0 aliphatic rings. The highest BCUT2D eigenvalue weighted by atomic mass is 19.4. The number of carbonyl (C=O) groups excluding carboxylic acids is 1. The standard InChI is InChI=1S/C22H23F4NO6/c1-12(2)33-19(20(28)29)10-14-9-15(5-7-18(14)31-3)27-21(30)32-11-13-4-6-16(17(23)8-13)22(24,25)26/h4-9,12,19H,10-11H2,1-3H3,(H,27,30)(H,28,29). The third-order valence-corrected chi connectivity index (χ3v) is 4.35. The first-order valence-corrected chi connectivity index (χ1v) is 9.75. The number of carbonyl (C=O) groups is 2. The topological polar surface area (TPSA) is 94.1 Å². The molecule has 0 bridgehead atoms. The van der Waals surface area contributed by atoms with Crippen LogP contribution in [-0.2, 0) is 33.5 Å². The largest absolute Gasteiger partial charge is 0.496 e. The van der Waals surface area contributed by atoms with Gasteiger partial charge < -0.3 is 19.3 Å². The van der Waals surface area contributed by atoms with Gasteiger partial charge in [0, 0.05) is 12.1 Å². The van der Waals surface area contributed by atoms with Crippen molar-refractivity contribution in [2.45, 2.75) is 45.3 Å². The molecular weight excluding hydrogens is 450 g/mol. The Balaban J connectivity index is 2.06. The van der Waals surface area contributed by atoms with Gasteiger partial charge in [-0.15, -0.1) is 0 Å². The summed E-state index contributed by atoms with van der Waals surface area (Å²) < 4.78 is 67.1. The first-order valence-electron chi connectivity index (χ1n) is 9.75. The van der Waals surface area contributed by atoms with Crippen LogP contribution in [0.4, 0.5) is 28.0 Å². The van der Waals surface area contributed by atoms with Crippen molar-refractivity contribution in [3.8, 4) is 5.75 Å². The van der Waals surface area contributed by atoms with Crippen LogP contribution in [-0.4, -0.2) is 36.5 Å². The lowest BCUT2D eigenvalue weighted by Gasteiger charge is -2.18. The fourth-order valence-electron chi connectivity index (χ4n) is 2.92. The second kappa shape index (κ2) is 11.0. The van der Waals surface area contributed by atoms with E-state index in [-0.39, 0.29) is 23.8 Å². The van der Waals surface area contributed by atoms with Crippen LogP contribution in [0.15, 0.2) is 36.4 Å². The second-order valence-corrected chi connectivity index (χ2v) is 7.26. The van der Waals surface area contributed by atoms with E-state index in [4.69, 9.17) is 14.2 Å². The molecule has 1 unspecified atom stereocenters. The minimum atomic E-state index is -4.83. The number of nitrogens with one attached hydrogen (secondary N) is 1. The molecular formula is C22H23F4NO6. The zero-order valence-electron chi connectivity index (χ0n) is 18.0.